The number of likely N-dealkylation sites (tertiary alicyclic amines) is 1. The van der Waals surface area contributed by atoms with Gasteiger partial charge in [-0.3, -0.25) is 4.99 Å². The molecular weight excluding hydrogens is 266 g/mol. The zero-order valence-corrected chi connectivity index (χ0v) is 13.3. The summed E-state index contributed by atoms with van der Waals surface area (Å²) in [7, 11) is 1.88. The first kappa shape index (κ1) is 15.1. The molecule has 1 unspecified atom stereocenters. The molecule has 3 aliphatic rings. The van der Waals surface area contributed by atoms with Crippen LogP contribution in [0.25, 0.3) is 0 Å². The molecular formula is C16H29N3O2. The van der Waals surface area contributed by atoms with Gasteiger partial charge in [0.25, 0.3) is 0 Å². The van der Waals surface area contributed by atoms with Gasteiger partial charge in [-0.1, -0.05) is 19.3 Å². The van der Waals surface area contributed by atoms with Crippen molar-refractivity contribution in [2.75, 3.05) is 46.5 Å². The average molecular weight is 295 g/mol. The Morgan fingerprint density at radius 3 is 2.81 bits per heavy atom. The van der Waals surface area contributed by atoms with Crippen LogP contribution in [0.15, 0.2) is 4.99 Å². The summed E-state index contributed by atoms with van der Waals surface area (Å²) in [5.74, 6) is 1.03. The summed E-state index contributed by atoms with van der Waals surface area (Å²) in [6, 6.07) is 0. The lowest BCUT2D eigenvalue weighted by atomic mass is 9.73. The maximum atomic E-state index is 5.68. The third-order valence-electron chi connectivity index (χ3n) is 5.24. The van der Waals surface area contributed by atoms with E-state index >= 15 is 0 Å². The fourth-order valence-electron chi connectivity index (χ4n) is 4.02. The van der Waals surface area contributed by atoms with E-state index in [0.717, 1.165) is 25.7 Å². The van der Waals surface area contributed by atoms with Gasteiger partial charge in [0.05, 0.1) is 25.9 Å². The number of hydrogen-bond donors (Lipinski definition) is 1. The minimum Gasteiger partial charge on any atom is -0.376 e. The Bertz CT molecular complexity index is 361. The molecule has 5 nitrogen and oxygen atoms in total. The van der Waals surface area contributed by atoms with E-state index in [0.29, 0.717) is 18.6 Å². The molecule has 3 fully saturated rings. The number of ether oxygens (including phenoxy) is 2. The van der Waals surface area contributed by atoms with E-state index < -0.39 is 0 Å². The van der Waals surface area contributed by atoms with Gasteiger partial charge in [-0.05, 0) is 24.7 Å². The van der Waals surface area contributed by atoms with E-state index in [1.54, 1.807) is 0 Å². The summed E-state index contributed by atoms with van der Waals surface area (Å²) in [6.07, 6.45) is 8.53. The molecule has 1 N–H and O–H groups in total. The second-order valence-corrected chi connectivity index (χ2v) is 6.73. The van der Waals surface area contributed by atoms with Crippen molar-refractivity contribution in [3.8, 4) is 0 Å². The molecule has 1 aliphatic carbocycles. The van der Waals surface area contributed by atoms with Gasteiger partial charge in [0.15, 0.2) is 5.96 Å². The minimum atomic E-state index is 0.154. The smallest absolute Gasteiger partial charge is 0.193 e. The predicted octanol–water partition coefficient (Wildman–Crippen LogP) is 1.63. The predicted molar refractivity (Wildman–Crippen MR) is 83.6 cm³/mol. The van der Waals surface area contributed by atoms with Crippen LogP contribution in [0.4, 0.5) is 0 Å². The Morgan fingerprint density at radius 2 is 2.10 bits per heavy atom. The quantitative estimate of drug-likeness (QED) is 0.621. The topological polar surface area (TPSA) is 46.1 Å². The Kier molecular flexibility index (Phi) is 5.01. The standard InChI is InChI=1S/C16H29N3O2/c1-17-15(18-11-14-12-20-9-10-21-14)19-8-7-16(13-19)5-3-2-4-6-16/h14H,2-13H2,1H3,(H,17,18). The van der Waals surface area contributed by atoms with Crippen LogP contribution in [0.2, 0.25) is 0 Å². The van der Waals surface area contributed by atoms with Crippen molar-refractivity contribution in [2.45, 2.75) is 44.6 Å². The summed E-state index contributed by atoms with van der Waals surface area (Å²) in [6.45, 7) is 5.22. The van der Waals surface area contributed by atoms with Crippen LogP contribution >= 0.6 is 0 Å². The molecule has 0 aromatic carbocycles. The SMILES string of the molecule is CN=C(NCC1COCCO1)N1CCC2(CCCCC2)C1. The zero-order chi connectivity index (χ0) is 14.5. The normalized spacial score (nSPS) is 29.9. The van der Waals surface area contributed by atoms with Crippen molar-refractivity contribution < 1.29 is 9.47 Å². The summed E-state index contributed by atoms with van der Waals surface area (Å²) in [5, 5.41) is 3.47. The highest BCUT2D eigenvalue weighted by Crippen LogP contribution is 2.43. The van der Waals surface area contributed by atoms with Crippen LogP contribution in [0, 0.1) is 5.41 Å². The van der Waals surface area contributed by atoms with E-state index in [4.69, 9.17) is 9.47 Å². The largest absolute Gasteiger partial charge is 0.376 e. The highest BCUT2D eigenvalue weighted by atomic mass is 16.6. The zero-order valence-electron chi connectivity index (χ0n) is 13.3. The third-order valence-corrected chi connectivity index (χ3v) is 5.24. The number of aliphatic imine (C=N–C) groups is 1. The van der Waals surface area contributed by atoms with Gasteiger partial charge in [0.2, 0.25) is 0 Å². The lowest BCUT2D eigenvalue weighted by Crippen LogP contribution is -2.46. The van der Waals surface area contributed by atoms with Crippen molar-refractivity contribution in [2.24, 2.45) is 10.4 Å². The lowest BCUT2D eigenvalue weighted by Gasteiger charge is -2.34. The van der Waals surface area contributed by atoms with Crippen molar-refractivity contribution >= 4 is 5.96 Å². The van der Waals surface area contributed by atoms with Crippen LogP contribution in [0.3, 0.4) is 0 Å². The van der Waals surface area contributed by atoms with Gasteiger partial charge in [-0.2, -0.15) is 0 Å². The van der Waals surface area contributed by atoms with E-state index in [-0.39, 0.29) is 6.10 Å². The van der Waals surface area contributed by atoms with Crippen LogP contribution in [-0.2, 0) is 9.47 Å². The Labute approximate surface area is 128 Å². The Morgan fingerprint density at radius 1 is 1.24 bits per heavy atom. The molecule has 0 radical (unpaired) electrons. The molecule has 1 spiro atoms. The number of guanidine groups is 1. The van der Waals surface area contributed by atoms with Crippen LogP contribution in [0.5, 0.6) is 0 Å². The average Bonchev–Trinajstić information content (AvgIpc) is 2.93. The third kappa shape index (κ3) is 3.69. The maximum Gasteiger partial charge on any atom is 0.193 e. The van der Waals surface area contributed by atoms with E-state index in [1.807, 2.05) is 7.05 Å². The van der Waals surface area contributed by atoms with Gasteiger partial charge in [-0.25, -0.2) is 0 Å². The van der Waals surface area contributed by atoms with E-state index in [1.165, 1.54) is 45.1 Å². The molecule has 3 rings (SSSR count). The molecule has 0 aromatic heterocycles. The molecule has 0 amide bonds. The van der Waals surface area contributed by atoms with E-state index in [2.05, 4.69) is 15.2 Å². The van der Waals surface area contributed by atoms with Crippen LogP contribution in [-0.4, -0.2) is 63.5 Å². The summed E-state index contributed by atoms with van der Waals surface area (Å²) in [5.41, 5.74) is 0.570. The lowest BCUT2D eigenvalue weighted by molar-refractivity contribution is -0.0851. The number of nitrogens with zero attached hydrogens (tertiary/aromatic N) is 2. The van der Waals surface area contributed by atoms with Gasteiger partial charge < -0.3 is 19.7 Å². The van der Waals surface area contributed by atoms with Crippen molar-refractivity contribution in [3.63, 3.8) is 0 Å². The van der Waals surface area contributed by atoms with Crippen LogP contribution in [0.1, 0.15) is 38.5 Å². The number of hydrogen-bond acceptors (Lipinski definition) is 3. The van der Waals surface area contributed by atoms with Gasteiger partial charge in [-0.15, -0.1) is 0 Å². The summed E-state index contributed by atoms with van der Waals surface area (Å²) in [4.78, 5) is 6.91. The molecule has 1 saturated carbocycles. The van der Waals surface area contributed by atoms with Crippen molar-refractivity contribution in [1.29, 1.82) is 0 Å². The second kappa shape index (κ2) is 6.97. The first-order valence-electron chi connectivity index (χ1n) is 8.46. The second-order valence-electron chi connectivity index (χ2n) is 6.73. The molecule has 2 heterocycles. The van der Waals surface area contributed by atoms with Gasteiger partial charge >= 0.3 is 0 Å². The fraction of sp³-hybridized carbons (Fsp3) is 0.938. The Balaban J connectivity index is 1.50. The van der Waals surface area contributed by atoms with E-state index in [9.17, 15) is 0 Å². The molecule has 21 heavy (non-hydrogen) atoms. The number of rotatable bonds is 2. The Hall–Kier alpha value is -0.810. The molecule has 120 valence electrons. The fourth-order valence-corrected chi connectivity index (χ4v) is 4.02. The monoisotopic (exact) mass is 295 g/mol. The van der Waals surface area contributed by atoms with Crippen molar-refractivity contribution in [1.82, 2.24) is 10.2 Å². The summed E-state index contributed by atoms with van der Waals surface area (Å²) < 4.78 is 11.1. The minimum absolute atomic E-state index is 0.154. The van der Waals surface area contributed by atoms with Gasteiger partial charge in [0, 0.05) is 26.7 Å². The molecule has 5 heteroatoms. The molecule has 2 saturated heterocycles. The molecule has 0 aromatic rings. The molecule has 2 aliphatic heterocycles. The van der Waals surface area contributed by atoms with Gasteiger partial charge in [0.1, 0.15) is 0 Å². The molecule has 0 bridgehead atoms. The number of nitrogens with one attached hydrogen (secondary N) is 1. The highest BCUT2D eigenvalue weighted by molar-refractivity contribution is 5.80. The summed E-state index contributed by atoms with van der Waals surface area (Å²) >= 11 is 0. The first-order chi connectivity index (χ1) is 10.3. The van der Waals surface area contributed by atoms with Crippen molar-refractivity contribution in [3.05, 3.63) is 0 Å². The van der Waals surface area contributed by atoms with Crippen LogP contribution < -0.4 is 5.32 Å². The highest BCUT2D eigenvalue weighted by Gasteiger charge is 2.39. The maximum absolute atomic E-state index is 5.68. The molecule has 1 atom stereocenters. The first-order valence-corrected chi connectivity index (χ1v) is 8.46.